The summed E-state index contributed by atoms with van der Waals surface area (Å²) in [6.07, 6.45) is 0.905. The quantitative estimate of drug-likeness (QED) is 0.901. The van der Waals surface area contributed by atoms with Crippen LogP contribution in [-0.4, -0.2) is 30.8 Å². The van der Waals surface area contributed by atoms with Gasteiger partial charge in [0, 0.05) is 6.26 Å². The number of sulfone groups is 1. The van der Waals surface area contributed by atoms with Crippen molar-refractivity contribution in [1.82, 2.24) is 15.5 Å². The summed E-state index contributed by atoms with van der Waals surface area (Å²) >= 11 is 5.74. The summed E-state index contributed by atoms with van der Waals surface area (Å²) in [7, 11) is -3.62. The third-order valence-corrected chi connectivity index (χ3v) is 3.47. The number of nitrogens with one attached hydrogen (secondary N) is 1. The maximum absolute atomic E-state index is 13.5. The normalized spacial score (nSPS) is 11.4. The van der Waals surface area contributed by atoms with E-state index in [4.69, 9.17) is 16.0 Å². The Labute approximate surface area is 124 Å². The van der Waals surface area contributed by atoms with Crippen LogP contribution in [0.1, 0.15) is 16.2 Å². The van der Waals surface area contributed by atoms with Crippen molar-refractivity contribution in [2.45, 2.75) is 11.8 Å². The Balaban J connectivity index is 2.10. The summed E-state index contributed by atoms with van der Waals surface area (Å²) in [6.45, 7) is -0.258. The summed E-state index contributed by atoms with van der Waals surface area (Å²) in [6, 6.07) is 3.83. The second-order valence-electron chi connectivity index (χ2n) is 4.01. The van der Waals surface area contributed by atoms with E-state index in [-0.39, 0.29) is 23.0 Å². The maximum atomic E-state index is 13.5. The van der Waals surface area contributed by atoms with Crippen LogP contribution in [0.5, 0.6) is 0 Å². The van der Waals surface area contributed by atoms with Gasteiger partial charge in [-0.1, -0.05) is 22.8 Å². The molecule has 2 aromatic rings. The molecule has 112 valence electrons. The van der Waals surface area contributed by atoms with Crippen molar-refractivity contribution in [3.63, 3.8) is 0 Å². The fourth-order valence-electron chi connectivity index (χ4n) is 1.42. The summed E-state index contributed by atoms with van der Waals surface area (Å²) in [5.41, 5.74) is -0.318. The van der Waals surface area contributed by atoms with Gasteiger partial charge in [0.2, 0.25) is 15.7 Å². The lowest BCUT2D eigenvalue weighted by atomic mass is 10.2. The van der Waals surface area contributed by atoms with Crippen LogP contribution in [-0.2, 0) is 16.4 Å². The molecule has 2 rings (SSSR count). The van der Waals surface area contributed by atoms with E-state index < -0.39 is 26.8 Å². The van der Waals surface area contributed by atoms with Gasteiger partial charge in [-0.05, 0) is 12.1 Å². The molecule has 0 unspecified atom stereocenters. The Kier molecular flexibility index (Phi) is 4.24. The van der Waals surface area contributed by atoms with Gasteiger partial charge in [0.05, 0.1) is 17.1 Å². The minimum atomic E-state index is -3.62. The number of benzene rings is 1. The monoisotopic (exact) mass is 333 g/mol. The van der Waals surface area contributed by atoms with Crippen LogP contribution in [0.15, 0.2) is 27.8 Å². The molecule has 0 spiro atoms. The van der Waals surface area contributed by atoms with E-state index in [1.165, 1.54) is 12.1 Å². The molecule has 1 aromatic heterocycles. The molecule has 0 saturated heterocycles. The topological polar surface area (TPSA) is 102 Å². The van der Waals surface area contributed by atoms with Gasteiger partial charge in [-0.2, -0.15) is 0 Å². The molecule has 7 nitrogen and oxygen atoms in total. The number of amides is 1. The van der Waals surface area contributed by atoms with Gasteiger partial charge in [0.25, 0.3) is 5.91 Å². The molecule has 0 atom stereocenters. The number of nitrogens with zero attached hydrogens (tertiary/aromatic N) is 2. The van der Waals surface area contributed by atoms with E-state index in [0.717, 1.165) is 12.3 Å². The second-order valence-corrected chi connectivity index (χ2v) is 6.31. The molecular weight excluding hydrogens is 325 g/mol. The predicted octanol–water partition coefficient (Wildman–Crippen LogP) is 1.20. The first kappa shape index (κ1) is 15.4. The van der Waals surface area contributed by atoms with Crippen LogP contribution in [0.25, 0.3) is 0 Å². The molecule has 21 heavy (non-hydrogen) atoms. The van der Waals surface area contributed by atoms with E-state index >= 15 is 0 Å². The van der Waals surface area contributed by atoms with Gasteiger partial charge in [0.1, 0.15) is 5.82 Å². The van der Waals surface area contributed by atoms with Crippen LogP contribution >= 0.6 is 11.6 Å². The summed E-state index contributed by atoms with van der Waals surface area (Å²) in [4.78, 5) is 11.8. The largest absolute Gasteiger partial charge is 0.411 e. The second kappa shape index (κ2) is 5.78. The SMILES string of the molecule is CS(=O)(=O)c1nnc(CNC(=O)c2c(F)cccc2Cl)o1. The van der Waals surface area contributed by atoms with Gasteiger partial charge in [0.15, 0.2) is 0 Å². The molecule has 0 saturated carbocycles. The third kappa shape index (κ3) is 3.56. The number of carbonyl (C=O) groups excluding carboxylic acids is 1. The molecule has 1 amide bonds. The molecule has 0 aliphatic heterocycles. The lowest BCUT2D eigenvalue weighted by Gasteiger charge is -2.05. The van der Waals surface area contributed by atoms with Gasteiger partial charge < -0.3 is 9.73 Å². The zero-order valence-electron chi connectivity index (χ0n) is 10.6. The van der Waals surface area contributed by atoms with Crippen molar-refractivity contribution >= 4 is 27.3 Å². The average Bonchev–Trinajstić information content (AvgIpc) is 2.84. The van der Waals surface area contributed by atoms with E-state index in [0.29, 0.717) is 0 Å². The molecule has 10 heteroatoms. The number of hydrogen-bond acceptors (Lipinski definition) is 6. The van der Waals surface area contributed by atoms with Crippen molar-refractivity contribution in [2.24, 2.45) is 0 Å². The highest BCUT2D eigenvalue weighted by atomic mass is 35.5. The summed E-state index contributed by atoms with van der Waals surface area (Å²) < 4.78 is 40.6. The molecule has 0 aliphatic rings. The molecule has 1 aromatic carbocycles. The van der Waals surface area contributed by atoms with Crippen LogP contribution in [0.3, 0.4) is 0 Å². The zero-order valence-corrected chi connectivity index (χ0v) is 12.2. The van der Waals surface area contributed by atoms with Crippen LogP contribution in [0.4, 0.5) is 4.39 Å². The lowest BCUT2D eigenvalue weighted by Crippen LogP contribution is -2.24. The van der Waals surface area contributed by atoms with Gasteiger partial charge in [-0.25, -0.2) is 12.8 Å². The van der Waals surface area contributed by atoms with Crippen molar-refractivity contribution in [3.05, 3.63) is 40.5 Å². The van der Waals surface area contributed by atoms with E-state index in [9.17, 15) is 17.6 Å². The molecule has 0 bridgehead atoms. The number of aromatic nitrogens is 2. The van der Waals surface area contributed by atoms with Crippen LogP contribution in [0, 0.1) is 5.82 Å². The third-order valence-electron chi connectivity index (χ3n) is 2.36. The summed E-state index contributed by atoms with van der Waals surface area (Å²) in [5, 5.41) is 8.47. The Morgan fingerprint density at radius 3 is 2.71 bits per heavy atom. The number of hydrogen-bond donors (Lipinski definition) is 1. The Hall–Kier alpha value is -2.00. The lowest BCUT2D eigenvalue weighted by molar-refractivity contribution is 0.0943. The molecule has 1 heterocycles. The van der Waals surface area contributed by atoms with Gasteiger partial charge >= 0.3 is 5.22 Å². The highest BCUT2D eigenvalue weighted by Crippen LogP contribution is 2.18. The predicted molar refractivity (Wildman–Crippen MR) is 70.0 cm³/mol. The number of halogens is 2. The summed E-state index contributed by atoms with van der Waals surface area (Å²) in [5.74, 6) is -1.68. The highest BCUT2D eigenvalue weighted by molar-refractivity contribution is 7.90. The first-order valence-corrected chi connectivity index (χ1v) is 7.80. The molecule has 0 aliphatic carbocycles. The standard InChI is InChI=1S/C11H9ClFN3O4S/c1-21(18,19)11-16-15-8(20-11)5-14-10(17)9-6(12)3-2-4-7(9)13/h2-4H,5H2,1H3,(H,14,17). The maximum Gasteiger partial charge on any atom is 0.335 e. The fraction of sp³-hybridized carbons (Fsp3) is 0.182. The number of carbonyl (C=O) groups is 1. The van der Waals surface area contributed by atoms with E-state index in [2.05, 4.69) is 15.5 Å². The van der Waals surface area contributed by atoms with Crippen LogP contribution < -0.4 is 5.32 Å². The molecular formula is C11H9ClFN3O4S. The van der Waals surface area contributed by atoms with Gasteiger partial charge in [-0.15, -0.1) is 5.10 Å². The van der Waals surface area contributed by atoms with E-state index in [1.807, 2.05) is 0 Å². The first-order chi connectivity index (χ1) is 9.79. The van der Waals surface area contributed by atoms with Crippen molar-refractivity contribution in [3.8, 4) is 0 Å². The number of rotatable bonds is 4. The van der Waals surface area contributed by atoms with E-state index in [1.54, 1.807) is 0 Å². The smallest absolute Gasteiger partial charge is 0.335 e. The molecule has 0 fully saturated rings. The van der Waals surface area contributed by atoms with Crippen molar-refractivity contribution in [1.29, 1.82) is 0 Å². The Morgan fingerprint density at radius 2 is 2.14 bits per heavy atom. The minimum Gasteiger partial charge on any atom is -0.411 e. The highest BCUT2D eigenvalue weighted by Gasteiger charge is 2.19. The fourth-order valence-corrected chi connectivity index (χ4v) is 2.10. The molecule has 1 N–H and O–H groups in total. The first-order valence-electron chi connectivity index (χ1n) is 5.53. The van der Waals surface area contributed by atoms with Crippen LogP contribution in [0.2, 0.25) is 5.02 Å². The Morgan fingerprint density at radius 1 is 1.43 bits per heavy atom. The van der Waals surface area contributed by atoms with Gasteiger partial charge in [-0.3, -0.25) is 4.79 Å². The minimum absolute atomic E-state index is 0.0464. The van der Waals surface area contributed by atoms with Crippen molar-refractivity contribution < 1.29 is 22.0 Å². The average molecular weight is 334 g/mol. The van der Waals surface area contributed by atoms with Crippen molar-refractivity contribution in [2.75, 3.05) is 6.26 Å². The molecule has 0 radical (unpaired) electrons. The zero-order chi connectivity index (χ0) is 15.6. The Bertz CT molecular complexity index is 770.